The van der Waals surface area contributed by atoms with E-state index in [1.54, 1.807) is 0 Å². The van der Waals surface area contributed by atoms with Crippen molar-refractivity contribution < 1.29 is 0 Å². The Morgan fingerprint density at radius 3 is 1.13 bits per heavy atom. The monoisotopic (exact) mass is 892 g/mol. The van der Waals surface area contributed by atoms with E-state index in [9.17, 15) is 5.41 Å². The Bertz CT molecular complexity index is 4660. The Kier molecular flexibility index (Phi) is 7.98. The molecule has 0 spiro atoms. The lowest BCUT2D eigenvalue weighted by molar-refractivity contribution is 1.09. The van der Waals surface area contributed by atoms with Crippen LogP contribution in [-0.4, -0.2) is 30.7 Å². The maximum atomic E-state index is 9.20. The minimum atomic E-state index is 0.670. The van der Waals surface area contributed by atoms with Crippen LogP contribution in [0.3, 0.4) is 0 Å². The van der Waals surface area contributed by atoms with Crippen LogP contribution in [0.25, 0.3) is 132 Å². The lowest BCUT2D eigenvalue weighted by Crippen LogP contribution is -2.09. The summed E-state index contributed by atoms with van der Waals surface area (Å²) in [5.74, 6) is 0. The van der Waals surface area contributed by atoms with Gasteiger partial charge >= 0.3 is 0 Å². The first-order valence-electron chi connectivity index (χ1n) is 23.8. The fourth-order valence-electron chi connectivity index (χ4n) is 12.0. The summed E-state index contributed by atoms with van der Waals surface area (Å²) in [4.78, 5) is 0. The third-order valence-corrected chi connectivity index (χ3v) is 14.9. The second-order valence-electron chi connectivity index (χ2n) is 18.4. The van der Waals surface area contributed by atoms with Crippen LogP contribution in [0, 0.1) is 10.8 Å². The van der Waals surface area contributed by atoms with Gasteiger partial charge in [0.2, 0.25) is 0 Å². The highest BCUT2D eigenvalue weighted by Crippen LogP contribution is 2.45. The third-order valence-electron chi connectivity index (χ3n) is 14.9. The van der Waals surface area contributed by atoms with Crippen molar-refractivity contribution in [2.75, 3.05) is 0 Å². The second kappa shape index (κ2) is 14.5. The Labute approximate surface area is 400 Å². The molecule has 4 heterocycles. The predicted molar refractivity (Wildman–Crippen MR) is 295 cm³/mol. The van der Waals surface area contributed by atoms with Crippen molar-refractivity contribution in [3.8, 4) is 22.7 Å². The number of para-hydroxylation sites is 4. The van der Waals surface area contributed by atoms with Gasteiger partial charge in [-0.1, -0.05) is 140 Å². The molecule has 0 radical (unpaired) electrons. The van der Waals surface area contributed by atoms with E-state index in [1.165, 1.54) is 50.1 Å². The summed E-state index contributed by atoms with van der Waals surface area (Å²) in [5, 5.41) is 32.0. The molecule has 11 aromatic carbocycles. The number of hydrogen-bond acceptors (Lipinski definition) is 2. The lowest BCUT2D eigenvalue weighted by Gasteiger charge is -2.20. The van der Waals surface area contributed by atoms with Gasteiger partial charge in [0.15, 0.2) is 0 Å². The summed E-state index contributed by atoms with van der Waals surface area (Å²) in [5.41, 5.74) is 14.1. The van der Waals surface area contributed by atoms with E-state index in [0.29, 0.717) is 11.1 Å². The Balaban J connectivity index is 1.07. The average Bonchev–Trinajstić information content (AvgIpc) is 4.15. The molecule has 70 heavy (non-hydrogen) atoms. The second-order valence-corrected chi connectivity index (χ2v) is 18.4. The normalized spacial score (nSPS) is 12.1. The Morgan fingerprint density at radius 2 is 0.671 bits per heavy atom. The Morgan fingerprint density at radius 1 is 0.286 bits per heavy atom. The van der Waals surface area contributed by atoms with Crippen LogP contribution < -0.4 is 0 Å². The molecule has 0 unspecified atom stereocenters. The molecule has 2 N–H and O–H groups in total. The summed E-state index contributed by atoms with van der Waals surface area (Å²) >= 11 is 0. The van der Waals surface area contributed by atoms with E-state index in [2.05, 4.69) is 231 Å². The fourth-order valence-corrected chi connectivity index (χ4v) is 12.0. The van der Waals surface area contributed by atoms with Gasteiger partial charge in [0.05, 0.1) is 55.5 Å². The van der Waals surface area contributed by atoms with Crippen molar-refractivity contribution in [1.29, 1.82) is 10.8 Å². The molecule has 0 aliphatic carbocycles. The average molecular weight is 893 g/mol. The number of hydrogen-bond donors (Lipinski definition) is 2. The van der Waals surface area contributed by atoms with Gasteiger partial charge < -0.3 is 29.1 Å². The van der Waals surface area contributed by atoms with Crippen molar-refractivity contribution >= 4 is 121 Å². The minimum absolute atomic E-state index is 0.670. The summed E-state index contributed by atoms with van der Waals surface area (Å²) in [6.07, 6.45) is 2.82. The zero-order chi connectivity index (χ0) is 46.2. The van der Waals surface area contributed by atoms with Gasteiger partial charge in [-0.25, -0.2) is 0 Å². The molecular formula is C64H40N6. The first-order valence-corrected chi connectivity index (χ1v) is 23.8. The quantitative estimate of drug-likeness (QED) is 0.156. The fraction of sp³-hybridized carbons (Fsp3) is 0. The molecule has 0 saturated heterocycles. The molecule has 0 aliphatic rings. The first-order chi connectivity index (χ1) is 34.7. The van der Waals surface area contributed by atoms with E-state index in [-0.39, 0.29) is 0 Å². The van der Waals surface area contributed by atoms with Crippen LogP contribution in [0.15, 0.2) is 218 Å². The molecule has 0 atom stereocenters. The third kappa shape index (κ3) is 5.16. The smallest absolute Gasteiger partial charge is 0.0797 e. The number of benzene rings is 11. The first kappa shape index (κ1) is 38.6. The lowest BCUT2D eigenvalue weighted by atomic mass is 10.0. The zero-order valence-electron chi connectivity index (χ0n) is 37.7. The van der Waals surface area contributed by atoms with Crippen LogP contribution in [0.4, 0.5) is 0 Å². The largest absolute Gasteiger partial charge is 0.309 e. The highest BCUT2D eigenvalue weighted by molar-refractivity contribution is 6.24. The van der Waals surface area contributed by atoms with Crippen LogP contribution >= 0.6 is 0 Å². The number of rotatable bonds is 6. The van der Waals surface area contributed by atoms with E-state index >= 15 is 0 Å². The molecule has 15 rings (SSSR count). The van der Waals surface area contributed by atoms with Gasteiger partial charge in [0.1, 0.15) is 0 Å². The van der Waals surface area contributed by atoms with Crippen LogP contribution in [0.1, 0.15) is 11.1 Å². The van der Waals surface area contributed by atoms with Crippen LogP contribution in [0.5, 0.6) is 0 Å². The van der Waals surface area contributed by atoms with Gasteiger partial charge in [-0.15, -0.1) is 0 Å². The van der Waals surface area contributed by atoms with Gasteiger partial charge in [-0.2, -0.15) is 0 Å². The molecule has 4 aromatic heterocycles. The van der Waals surface area contributed by atoms with Crippen molar-refractivity contribution in [1.82, 2.24) is 18.3 Å². The van der Waals surface area contributed by atoms with E-state index in [0.717, 1.165) is 93.8 Å². The SMILES string of the molecule is N=Cc1ccc(-n2c3ccc(-n4c5ccccc5c5ccccc54)cc3c3c4ccccc4ccc32)c(-n2c3ccc(-n4c5ccccc5c5ccccc54)cc3c3c4ccccc4ccc32)c1C=N. The van der Waals surface area contributed by atoms with Crippen molar-refractivity contribution in [2.45, 2.75) is 0 Å². The van der Waals surface area contributed by atoms with Gasteiger partial charge in [0, 0.05) is 78.0 Å². The van der Waals surface area contributed by atoms with Crippen molar-refractivity contribution in [2.24, 2.45) is 0 Å². The molecule has 15 aromatic rings. The highest BCUT2D eigenvalue weighted by Gasteiger charge is 2.26. The van der Waals surface area contributed by atoms with E-state index in [1.807, 2.05) is 6.07 Å². The van der Waals surface area contributed by atoms with Crippen molar-refractivity contribution in [3.05, 3.63) is 230 Å². The molecule has 0 fully saturated rings. The molecule has 0 amide bonds. The van der Waals surface area contributed by atoms with Crippen LogP contribution in [0.2, 0.25) is 0 Å². The summed E-state index contributed by atoms with van der Waals surface area (Å²) in [7, 11) is 0. The summed E-state index contributed by atoms with van der Waals surface area (Å²) < 4.78 is 9.54. The highest BCUT2D eigenvalue weighted by atomic mass is 15.1. The zero-order valence-corrected chi connectivity index (χ0v) is 37.7. The Hall–Kier alpha value is -9.52. The number of aromatic nitrogens is 4. The maximum Gasteiger partial charge on any atom is 0.0797 e. The van der Waals surface area contributed by atoms with Gasteiger partial charge in [0.25, 0.3) is 0 Å². The number of fused-ring (bicyclic) bond motifs is 16. The molecule has 326 valence electrons. The predicted octanol–water partition coefficient (Wildman–Crippen LogP) is 16.4. The van der Waals surface area contributed by atoms with Gasteiger partial charge in [-0.3, -0.25) is 0 Å². The van der Waals surface area contributed by atoms with E-state index in [4.69, 9.17) is 5.41 Å². The topological polar surface area (TPSA) is 67.4 Å². The van der Waals surface area contributed by atoms with Gasteiger partial charge in [-0.05, 0) is 100 Å². The van der Waals surface area contributed by atoms with E-state index < -0.39 is 0 Å². The maximum absolute atomic E-state index is 9.20. The molecule has 0 saturated carbocycles. The molecular weight excluding hydrogens is 853 g/mol. The minimum Gasteiger partial charge on any atom is -0.309 e. The summed E-state index contributed by atoms with van der Waals surface area (Å²) in [6.45, 7) is 0. The molecule has 6 heteroatoms. The molecule has 6 nitrogen and oxygen atoms in total. The molecule has 0 bridgehead atoms. The summed E-state index contributed by atoms with van der Waals surface area (Å²) in [6, 6.07) is 78.9. The number of nitrogens with zero attached hydrogens (tertiary/aromatic N) is 4. The standard InChI is InChI=1S/C64H40N6/c65-37-41-27-32-61(69-57-33-28-42(35-50(57)62-44-15-3-1-13-39(44)25-30-59(62)69)67-53-21-9-5-17-46(53)47-18-6-10-22-54(47)67)64(52(41)38-66)70-58-34-29-43(36-51(58)63-45-16-4-2-14-40(45)26-31-60(63)70)68-55-23-11-7-19-48(55)49-20-8-12-24-56(49)68/h1-38,65-66H. The van der Waals surface area contributed by atoms with Crippen LogP contribution in [-0.2, 0) is 0 Å². The number of nitrogens with one attached hydrogen (secondary N) is 2. The van der Waals surface area contributed by atoms with Crippen molar-refractivity contribution in [3.63, 3.8) is 0 Å². The molecule has 0 aliphatic heterocycles.